The van der Waals surface area contributed by atoms with Gasteiger partial charge < -0.3 is 14.5 Å². The van der Waals surface area contributed by atoms with Gasteiger partial charge in [0.25, 0.3) is 0 Å². The van der Waals surface area contributed by atoms with Crippen LogP contribution in [0.15, 0.2) is 421 Å². The molecule has 0 saturated carbocycles. The summed E-state index contributed by atoms with van der Waals surface area (Å²) >= 11 is 3.54. The lowest BCUT2D eigenvalue weighted by molar-refractivity contribution is 0.426. The van der Waals surface area contributed by atoms with Crippen molar-refractivity contribution in [3.05, 3.63) is 428 Å². The number of benzene rings is 18. The summed E-state index contributed by atoms with van der Waals surface area (Å²) in [4.78, 5) is 20.1. The maximum atomic E-state index is 9.16. The first kappa shape index (κ1) is 72.4. The van der Waals surface area contributed by atoms with Gasteiger partial charge in [0.05, 0.1) is 22.8 Å². The minimum Gasteiger partial charge on any atom is -0.456 e. The number of halogens is 1. The number of hydrogen-bond donors (Lipinski definition) is 2. The molecule has 0 unspecified atom stereocenters. The molecule has 1 aliphatic carbocycles. The normalized spacial score (nSPS) is 11.5. The van der Waals surface area contributed by atoms with Crippen molar-refractivity contribution < 1.29 is 14.5 Å². The number of nitrogens with zero attached hydrogens (tertiary/aromatic N) is 4. The fourth-order valence-corrected chi connectivity index (χ4v) is 16.8. The molecule has 7 nitrogen and oxygen atoms in total. The van der Waals surface area contributed by atoms with Gasteiger partial charge in [-0.2, -0.15) is 0 Å². The van der Waals surface area contributed by atoms with E-state index in [0.717, 1.165) is 106 Å². The molecule has 556 valence electrons. The van der Waals surface area contributed by atoms with Gasteiger partial charge >= 0.3 is 7.12 Å². The number of rotatable bonds is 12. The highest BCUT2D eigenvalue weighted by molar-refractivity contribution is 9.10. The zero-order valence-electron chi connectivity index (χ0n) is 64.0. The van der Waals surface area contributed by atoms with E-state index in [1.54, 1.807) is 12.1 Å². The lowest BCUT2D eigenvalue weighted by Gasteiger charge is -2.13. The molecule has 0 saturated heterocycles. The molecule has 0 radical (unpaired) electrons. The molecule has 1 aliphatic rings. The topological polar surface area (TPSA) is 105 Å². The first-order valence-electron chi connectivity index (χ1n) is 39.6. The third-order valence-corrected chi connectivity index (χ3v) is 23.2. The number of furan rings is 1. The van der Waals surface area contributed by atoms with Gasteiger partial charge in [-0.3, -0.25) is 0 Å². The highest BCUT2D eigenvalue weighted by atomic mass is 79.9. The average molecular weight is 1580 g/mol. The first-order valence-corrected chi connectivity index (χ1v) is 40.4. The van der Waals surface area contributed by atoms with Crippen molar-refractivity contribution in [2.24, 2.45) is 0 Å². The Morgan fingerprint density at radius 1 is 0.229 bits per heavy atom. The quantitative estimate of drug-likeness (QED) is 0.0927. The molecule has 21 aromatic rings. The molecule has 118 heavy (non-hydrogen) atoms. The van der Waals surface area contributed by atoms with Gasteiger partial charge in [0.1, 0.15) is 11.2 Å². The number of para-hydroxylation sites is 1. The van der Waals surface area contributed by atoms with Crippen molar-refractivity contribution in [3.63, 3.8) is 0 Å². The monoisotopic (exact) mass is 1570 g/mol. The number of hydrogen-bond acceptors (Lipinski definition) is 7. The van der Waals surface area contributed by atoms with E-state index >= 15 is 0 Å². The molecule has 22 rings (SSSR count). The summed E-state index contributed by atoms with van der Waals surface area (Å²) in [7, 11) is -1.44. The molecule has 0 atom stereocenters. The summed E-state index contributed by atoms with van der Waals surface area (Å²) in [6.07, 6.45) is 1.02. The van der Waals surface area contributed by atoms with Crippen molar-refractivity contribution >= 4 is 93.5 Å². The molecule has 3 heterocycles. The molecule has 0 aliphatic heterocycles. The third kappa shape index (κ3) is 14.5. The molecule has 0 fully saturated rings. The zero-order valence-corrected chi connectivity index (χ0v) is 65.6. The standard InChI is InChI=1S/C55H36N2.C36H23BrN2.C18H13BO3/c1-2-10-42(11-3-1)55-56-53(35-54(57-55)41-28-24-39(25-29-41)51-34-45-13-5-6-14-47(45)49-16-8-9-17-50(49)51)40-26-22-37(23-27-40)36-18-20-38(21-19-36)43-30-31-46-32-44-12-4-7-15-48(44)52(46)33-43;37-29-20-18-26(19-21-29)35-23-34(38-36(39-35)27-8-2-1-3-9-27)25-16-14-24(15-17-25)33-22-28-10-4-5-11-30(28)31-12-6-7-13-32(31)33;20-19(21)14-8-5-12(6-9-14)13-7-10-18-16(11-13)15-3-1-2-4-17(15)22-18/h1-31,33-35H,32H2;1-23H;1-11,20-21H. The van der Waals surface area contributed by atoms with E-state index in [2.05, 4.69) is 325 Å². The van der Waals surface area contributed by atoms with Crippen LogP contribution in [0.2, 0.25) is 0 Å². The van der Waals surface area contributed by atoms with Gasteiger partial charge in [0, 0.05) is 48.6 Å². The van der Waals surface area contributed by atoms with E-state index in [0.29, 0.717) is 11.3 Å². The Morgan fingerprint density at radius 3 is 1.07 bits per heavy atom. The van der Waals surface area contributed by atoms with Crippen molar-refractivity contribution in [1.82, 2.24) is 19.9 Å². The summed E-state index contributed by atoms with van der Waals surface area (Å²) in [6, 6.07) is 144. The summed E-state index contributed by atoms with van der Waals surface area (Å²) in [5, 5.41) is 30.6. The second-order valence-corrected chi connectivity index (χ2v) is 30.8. The van der Waals surface area contributed by atoms with Crippen LogP contribution in [0.1, 0.15) is 11.1 Å². The van der Waals surface area contributed by atoms with E-state index in [-0.39, 0.29) is 0 Å². The van der Waals surface area contributed by atoms with Crippen LogP contribution in [0.3, 0.4) is 0 Å². The van der Waals surface area contributed by atoms with E-state index in [1.807, 2.05) is 91.0 Å². The van der Waals surface area contributed by atoms with Crippen LogP contribution in [0.25, 0.3) is 200 Å². The second-order valence-electron chi connectivity index (χ2n) is 29.9. The highest BCUT2D eigenvalue weighted by Crippen LogP contribution is 2.43. The fraction of sp³-hybridized carbons (Fsp3) is 0.00917. The first-order chi connectivity index (χ1) is 58.2. The molecular weight excluding hydrogens is 1500 g/mol. The summed E-state index contributed by atoms with van der Waals surface area (Å²) in [5.74, 6) is 1.43. The molecule has 3 aromatic heterocycles. The Balaban J connectivity index is 0.000000126. The van der Waals surface area contributed by atoms with Crippen molar-refractivity contribution in [1.29, 1.82) is 0 Å². The van der Waals surface area contributed by atoms with Crippen molar-refractivity contribution in [2.45, 2.75) is 6.42 Å². The van der Waals surface area contributed by atoms with Gasteiger partial charge in [0.2, 0.25) is 0 Å². The number of fused-ring (bicyclic) bond motifs is 12. The van der Waals surface area contributed by atoms with E-state index in [4.69, 9.17) is 34.4 Å². The molecule has 2 N–H and O–H groups in total. The minimum atomic E-state index is -1.44. The van der Waals surface area contributed by atoms with E-state index in [9.17, 15) is 0 Å². The van der Waals surface area contributed by atoms with Gasteiger partial charge in [0.15, 0.2) is 11.6 Å². The Labute approximate surface area is 692 Å². The van der Waals surface area contributed by atoms with Gasteiger partial charge in [-0.25, -0.2) is 19.9 Å². The summed E-state index contributed by atoms with van der Waals surface area (Å²) in [5.41, 5.74) is 29.3. The van der Waals surface area contributed by atoms with Gasteiger partial charge in [-0.15, -0.1) is 0 Å². The van der Waals surface area contributed by atoms with Crippen molar-refractivity contribution in [3.8, 4) is 135 Å². The van der Waals surface area contributed by atoms with Crippen LogP contribution in [-0.2, 0) is 6.42 Å². The van der Waals surface area contributed by atoms with Gasteiger partial charge in [-0.05, 0) is 194 Å². The Hall–Kier alpha value is -14.6. The zero-order chi connectivity index (χ0) is 79.0. The van der Waals surface area contributed by atoms with Gasteiger partial charge in [-0.1, -0.05) is 368 Å². The molecule has 9 heteroatoms. The SMILES string of the molecule is Brc1ccc(-c2cc(-c3ccc(-c4cc5ccccc5c5ccccc45)cc3)nc(-c3ccccc3)n2)cc1.OB(O)c1ccc(-c2ccc3oc4ccccc4c3c2)cc1.c1ccc(-c2nc(-c3ccc(-c4ccc(-c5ccc6c(c5)-c5ccccc5C6)cc4)cc3)cc(-c3ccc(-c4cc5ccccc5c5ccccc45)cc3)n2)cc1. The molecular formula is C109H72BBrN4O3. The predicted molar refractivity (Wildman–Crippen MR) is 493 cm³/mol. The van der Waals surface area contributed by atoms with Crippen LogP contribution < -0.4 is 5.46 Å². The minimum absolute atomic E-state index is 0.485. The van der Waals surface area contributed by atoms with E-state index in [1.165, 1.54) is 110 Å². The van der Waals surface area contributed by atoms with Crippen LogP contribution in [0, 0.1) is 0 Å². The predicted octanol–water partition coefficient (Wildman–Crippen LogP) is 27.5. The third-order valence-electron chi connectivity index (χ3n) is 22.6. The Morgan fingerprint density at radius 2 is 0.576 bits per heavy atom. The van der Waals surface area contributed by atoms with Crippen LogP contribution >= 0.6 is 15.9 Å². The fourth-order valence-electron chi connectivity index (χ4n) is 16.5. The highest BCUT2D eigenvalue weighted by Gasteiger charge is 2.21. The van der Waals surface area contributed by atoms with Crippen LogP contribution in [0.4, 0.5) is 0 Å². The lowest BCUT2D eigenvalue weighted by atomic mass is 9.80. The largest absolute Gasteiger partial charge is 0.488 e. The average Bonchev–Trinajstić information content (AvgIpc) is 1.08. The summed E-state index contributed by atoms with van der Waals surface area (Å²) < 4.78 is 6.87. The summed E-state index contributed by atoms with van der Waals surface area (Å²) in [6.45, 7) is 0. The Bertz CT molecular complexity index is 7330. The van der Waals surface area contributed by atoms with E-state index < -0.39 is 7.12 Å². The lowest BCUT2D eigenvalue weighted by Crippen LogP contribution is -2.29. The molecule has 0 spiro atoms. The molecule has 18 aromatic carbocycles. The van der Waals surface area contributed by atoms with Crippen molar-refractivity contribution in [2.75, 3.05) is 0 Å². The second kappa shape index (κ2) is 31.7. The Kier molecular flexibility index (Phi) is 19.4. The smallest absolute Gasteiger partial charge is 0.456 e. The number of aromatic nitrogens is 4. The van der Waals surface area contributed by atoms with Crippen LogP contribution in [0.5, 0.6) is 0 Å². The molecule has 0 bridgehead atoms. The van der Waals surface area contributed by atoms with Crippen LogP contribution in [-0.4, -0.2) is 37.1 Å². The maximum Gasteiger partial charge on any atom is 0.488 e. The maximum absolute atomic E-state index is 9.16. The molecule has 0 amide bonds.